The Morgan fingerprint density at radius 3 is 2.75 bits per heavy atom. The third-order valence-electron chi connectivity index (χ3n) is 9.02. The summed E-state index contributed by atoms with van der Waals surface area (Å²) in [4.78, 5) is 28.7. The number of hydrogen-bond acceptors (Lipinski definition) is 8. The van der Waals surface area contributed by atoms with Crippen LogP contribution in [0.1, 0.15) is 52.4 Å². The minimum atomic E-state index is -0.587. The van der Waals surface area contributed by atoms with Gasteiger partial charge in [0.2, 0.25) is 6.29 Å². The van der Waals surface area contributed by atoms with Crippen molar-refractivity contribution in [2.75, 3.05) is 39.8 Å². The number of β-amino-alcohol motifs (C(OH)–C–C–N with tert-alkyl or cyclic N) is 1. The number of benzene rings is 1. The molecule has 1 N–H and O–H groups in total. The zero-order chi connectivity index (χ0) is 25.0. The molecular formula is C28H34N2O6. The van der Waals surface area contributed by atoms with Crippen molar-refractivity contribution in [3.63, 3.8) is 0 Å². The van der Waals surface area contributed by atoms with E-state index in [9.17, 15) is 14.7 Å². The van der Waals surface area contributed by atoms with Crippen LogP contribution >= 0.6 is 0 Å². The number of likely N-dealkylation sites (tertiary alicyclic amines) is 2. The van der Waals surface area contributed by atoms with Crippen molar-refractivity contribution in [1.82, 2.24) is 9.80 Å². The van der Waals surface area contributed by atoms with Crippen molar-refractivity contribution in [2.45, 2.75) is 45.2 Å². The molecule has 1 aromatic rings. The first-order chi connectivity index (χ1) is 17.4. The second kappa shape index (κ2) is 9.01. The molecule has 4 aliphatic heterocycles. The molecule has 5 aliphatic rings. The van der Waals surface area contributed by atoms with E-state index in [4.69, 9.17) is 14.2 Å². The molecule has 3 fully saturated rings. The van der Waals surface area contributed by atoms with E-state index in [0.29, 0.717) is 18.7 Å². The Morgan fingerprint density at radius 2 is 1.97 bits per heavy atom. The molecule has 6 rings (SSSR count). The number of piperidine rings is 1. The van der Waals surface area contributed by atoms with Crippen molar-refractivity contribution in [2.24, 2.45) is 17.3 Å². The molecule has 3 saturated heterocycles. The topological polar surface area (TPSA) is 88.5 Å². The smallest absolute Gasteiger partial charge is 0.338 e. The van der Waals surface area contributed by atoms with E-state index in [-0.39, 0.29) is 29.2 Å². The molecule has 1 aromatic carbocycles. The quantitative estimate of drug-likeness (QED) is 0.626. The molecule has 0 saturated carbocycles. The van der Waals surface area contributed by atoms with Gasteiger partial charge in [0.1, 0.15) is 6.61 Å². The van der Waals surface area contributed by atoms with Gasteiger partial charge in [0.25, 0.3) is 0 Å². The van der Waals surface area contributed by atoms with Gasteiger partial charge in [0, 0.05) is 38.0 Å². The minimum absolute atomic E-state index is 0.0604. The molecule has 192 valence electrons. The van der Waals surface area contributed by atoms with Crippen molar-refractivity contribution >= 4 is 11.9 Å². The fraction of sp³-hybridized carbons (Fsp3) is 0.571. The molecule has 4 atom stereocenters. The van der Waals surface area contributed by atoms with Crippen LogP contribution < -0.4 is 0 Å². The summed E-state index contributed by atoms with van der Waals surface area (Å²) in [7, 11) is 1.59. The number of hydrogen-bond donors (Lipinski definition) is 1. The van der Waals surface area contributed by atoms with Gasteiger partial charge in [-0.25, -0.2) is 4.79 Å². The average molecular weight is 495 g/mol. The maximum Gasteiger partial charge on any atom is 0.338 e. The van der Waals surface area contributed by atoms with E-state index >= 15 is 0 Å². The van der Waals surface area contributed by atoms with Crippen LogP contribution in [0.5, 0.6) is 0 Å². The molecule has 8 heteroatoms. The summed E-state index contributed by atoms with van der Waals surface area (Å²) in [6.07, 6.45) is 8.48. The summed E-state index contributed by atoms with van der Waals surface area (Å²) in [6.45, 7) is 6.81. The second-order valence-corrected chi connectivity index (χ2v) is 11.0. The van der Waals surface area contributed by atoms with Gasteiger partial charge in [-0.1, -0.05) is 18.2 Å². The van der Waals surface area contributed by atoms with Crippen molar-refractivity contribution in [3.8, 4) is 0 Å². The Hall–Kier alpha value is -2.68. The van der Waals surface area contributed by atoms with Crippen LogP contribution in [0.15, 0.2) is 36.1 Å². The maximum absolute atomic E-state index is 12.1. The lowest BCUT2D eigenvalue weighted by molar-refractivity contribution is -0.160. The number of carbonyl (C=O) groups excluding carboxylic acids is 2. The van der Waals surface area contributed by atoms with Crippen LogP contribution in [0.25, 0.3) is 0 Å². The van der Waals surface area contributed by atoms with Crippen LogP contribution in [0.4, 0.5) is 0 Å². The number of carbonyl (C=O) groups is 2. The fourth-order valence-electron chi connectivity index (χ4n) is 6.70. The molecule has 1 spiro atoms. The first-order valence-electron chi connectivity index (χ1n) is 13.0. The monoisotopic (exact) mass is 494 g/mol. The number of aliphatic hydroxyl groups excluding tert-OH is 1. The van der Waals surface area contributed by atoms with Crippen molar-refractivity contribution in [1.29, 1.82) is 0 Å². The SMILES string of the molecule is COC1OC(=O)C2C=CC(N3CCC4(CCN(C[C@H](O)c5ccc6c(c5C)COC6=O)CC4)C3)=CC12. The third-order valence-corrected chi connectivity index (χ3v) is 9.02. The Kier molecular flexibility index (Phi) is 5.93. The number of cyclic esters (lactones) is 2. The number of esters is 2. The van der Waals surface area contributed by atoms with Crippen LogP contribution in [0, 0.1) is 24.2 Å². The second-order valence-electron chi connectivity index (χ2n) is 11.0. The summed E-state index contributed by atoms with van der Waals surface area (Å²) < 4.78 is 15.9. The van der Waals surface area contributed by atoms with Crippen molar-refractivity contribution < 1.29 is 28.9 Å². The molecule has 8 nitrogen and oxygen atoms in total. The summed E-state index contributed by atoms with van der Waals surface area (Å²) in [5.41, 5.74) is 4.84. The van der Waals surface area contributed by atoms with E-state index in [1.54, 1.807) is 13.2 Å². The fourth-order valence-corrected chi connectivity index (χ4v) is 6.70. The molecule has 0 aromatic heterocycles. The first kappa shape index (κ1) is 23.7. The van der Waals surface area contributed by atoms with Crippen LogP contribution in [0.3, 0.4) is 0 Å². The lowest BCUT2D eigenvalue weighted by atomic mass is 9.77. The molecule has 0 radical (unpaired) electrons. The van der Waals surface area contributed by atoms with Gasteiger partial charge in [-0.15, -0.1) is 0 Å². The Bertz CT molecular complexity index is 1140. The number of allylic oxidation sites excluding steroid dienone is 1. The molecule has 4 heterocycles. The van der Waals surface area contributed by atoms with Crippen LogP contribution in [-0.2, 0) is 25.6 Å². The van der Waals surface area contributed by atoms with Crippen molar-refractivity contribution in [3.05, 3.63) is 58.3 Å². The van der Waals surface area contributed by atoms with Gasteiger partial charge in [0.15, 0.2) is 0 Å². The zero-order valence-electron chi connectivity index (χ0n) is 20.9. The van der Waals surface area contributed by atoms with Gasteiger partial charge in [-0.2, -0.15) is 0 Å². The lowest BCUT2D eigenvalue weighted by Gasteiger charge is -2.40. The first-order valence-corrected chi connectivity index (χ1v) is 13.0. The lowest BCUT2D eigenvalue weighted by Crippen LogP contribution is -2.43. The van der Waals surface area contributed by atoms with Gasteiger partial charge in [-0.3, -0.25) is 4.79 Å². The number of rotatable bonds is 5. The third kappa shape index (κ3) is 3.96. The minimum Gasteiger partial charge on any atom is -0.457 e. The van der Waals surface area contributed by atoms with Gasteiger partial charge < -0.3 is 29.1 Å². The molecule has 36 heavy (non-hydrogen) atoms. The van der Waals surface area contributed by atoms with E-state index < -0.39 is 12.4 Å². The standard InChI is InChI=1S/C28H34N2O6/c1-17-19(5-6-21-23(17)15-35-25(21)32)24(31)14-29-10-7-28(8-11-29)9-12-30(16-28)18-3-4-20-22(13-18)27(34-2)36-26(20)33/h3-6,13,20,22,24,27,31H,7-12,14-16H2,1-2H3/t20?,22?,24-,27?/m0/s1. The Labute approximate surface area is 211 Å². The molecular weight excluding hydrogens is 460 g/mol. The van der Waals surface area contributed by atoms with Gasteiger partial charge in [0.05, 0.1) is 23.5 Å². The highest BCUT2D eigenvalue weighted by Crippen LogP contribution is 2.44. The van der Waals surface area contributed by atoms with Crippen LogP contribution in [-0.4, -0.2) is 73.0 Å². The summed E-state index contributed by atoms with van der Waals surface area (Å²) in [5.74, 6) is -0.784. The van der Waals surface area contributed by atoms with E-state index in [0.717, 1.165) is 62.1 Å². The van der Waals surface area contributed by atoms with E-state index in [2.05, 4.69) is 22.0 Å². The predicted molar refractivity (Wildman–Crippen MR) is 131 cm³/mol. The number of ether oxygens (including phenoxy) is 3. The summed E-state index contributed by atoms with van der Waals surface area (Å²) in [6, 6.07) is 3.66. The normalized spacial score (nSPS) is 29.7. The molecule has 0 bridgehead atoms. The van der Waals surface area contributed by atoms with Crippen LogP contribution in [0.2, 0.25) is 0 Å². The number of nitrogens with zero attached hydrogens (tertiary/aromatic N) is 2. The zero-order valence-corrected chi connectivity index (χ0v) is 20.9. The summed E-state index contributed by atoms with van der Waals surface area (Å²) >= 11 is 0. The highest BCUT2D eigenvalue weighted by atomic mass is 16.7. The number of aliphatic hydroxyl groups is 1. The van der Waals surface area contributed by atoms with Gasteiger partial charge >= 0.3 is 11.9 Å². The number of fused-ring (bicyclic) bond motifs is 2. The largest absolute Gasteiger partial charge is 0.457 e. The maximum atomic E-state index is 12.1. The molecule has 3 unspecified atom stereocenters. The van der Waals surface area contributed by atoms with Gasteiger partial charge in [-0.05, 0) is 68.0 Å². The van der Waals surface area contributed by atoms with E-state index in [1.165, 1.54) is 5.70 Å². The van der Waals surface area contributed by atoms with E-state index in [1.807, 2.05) is 19.1 Å². The Morgan fingerprint density at radius 1 is 1.19 bits per heavy atom. The highest BCUT2D eigenvalue weighted by molar-refractivity contribution is 5.94. The highest BCUT2D eigenvalue weighted by Gasteiger charge is 2.46. The molecule has 1 aliphatic carbocycles. The summed E-state index contributed by atoms with van der Waals surface area (Å²) in [5, 5.41) is 11.0. The molecule has 0 amide bonds. The number of methoxy groups -OCH3 is 1. The Balaban J connectivity index is 1.06. The predicted octanol–water partition coefficient (Wildman–Crippen LogP) is 2.70. The average Bonchev–Trinajstić information content (AvgIpc) is 3.57.